The van der Waals surface area contributed by atoms with E-state index in [-0.39, 0.29) is 18.3 Å². The average Bonchev–Trinajstić information content (AvgIpc) is 2.47. The molecule has 0 saturated carbocycles. The maximum Gasteiger partial charge on any atom is 0.496 e. The van der Waals surface area contributed by atoms with Gasteiger partial charge in [0.25, 0.3) is 0 Å². The lowest BCUT2D eigenvalue weighted by Crippen LogP contribution is -2.41. The number of pyridine rings is 1. The summed E-state index contributed by atoms with van der Waals surface area (Å²) in [6.07, 6.45) is 5.33. The van der Waals surface area contributed by atoms with Crippen LogP contribution in [-0.2, 0) is 9.31 Å². The lowest BCUT2D eigenvalue weighted by Gasteiger charge is -2.32. The van der Waals surface area contributed by atoms with E-state index in [1.165, 1.54) is 0 Å². The van der Waals surface area contributed by atoms with Crippen molar-refractivity contribution in [2.75, 3.05) is 0 Å². The summed E-state index contributed by atoms with van der Waals surface area (Å²) in [6, 6.07) is 3.74. The molecule has 94 valence electrons. The molecular formula is C14H18BNO2. The van der Waals surface area contributed by atoms with Crippen LogP contribution in [0.1, 0.15) is 39.1 Å². The molecule has 1 saturated heterocycles. The van der Waals surface area contributed by atoms with Crippen molar-refractivity contribution in [3.05, 3.63) is 23.5 Å². The van der Waals surface area contributed by atoms with Gasteiger partial charge in [0.15, 0.2) is 0 Å². The van der Waals surface area contributed by atoms with Crippen molar-refractivity contribution in [2.45, 2.75) is 45.8 Å². The summed E-state index contributed by atoms with van der Waals surface area (Å²) in [5, 5.41) is 0. The molecule has 0 bridgehead atoms. The van der Waals surface area contributed by atoms with Crippen LogP contribution in [0.5, 0.6) is 0 Å². The monoisotopic (exact) mass is 243 g/mol. The summed E-state index contributed by atoms with van der Waals surface area (Å²) in [4.78, 5) is 4.34. The molecular weight excluding hydrogens is 225 g/mol. The van der Waals surface area contributed by atoms with Crippen LogP contribution < -0.4 is 5.46 Å². The molecule has 2 heterocycles. The van der Waals surface area contributed by atoms with Crippen molar-refractivity contribution in [2.24, 2.45) is 0 Å². The summed E-state index contributed by atoms with van der Waals surface area (Å²) in [6.45, 7) is 10.1. The third-order valence-corrected chi connectivity index (χ3v) is 3.78. The number of terminal acetylenes is 1. The minimum atomic E-state index is -0.380. The Morgan fingerprint density at radius 1 is 1.17 bits per heavy atom. The lowest BCUT2D eigenvalue weighted by molar-refractivity contribution is 0.00578. The van der Waals surface area contributed by atoms with Crippen molar-refractivity contribution in [1.29, 1.82) is 0 Å². The molecule has 2 rings (SSSR count). The molecule has 1 aliphatic heterocycles. The van der Waals surface area contributed by atoms with Crippen LogP contribution >= 0.6 is 0 Å². The first-order chi connectivity index (χ1) is 8.27. The van der Waals surface area contributed by atoms with Crippen molar-refractivity contribution >= 4 is 12.6 Å². The van der Waals surface area contributed by atoms with E-state index in [0.29, 0.717) is 5.69 Å². The van der Waals surface area contributed by atoms with Gasteiger partial charge in [0.1, 0.15) is 5.69 Å². The molecule has 4 heteroatoms. The fraction of sp³-hybridized carbons (Fsp3) is 0.500. The fourth-order valence-corrected chi connectivity index (χ4v) is 1.87. The normalized spacial score (nSPS) is 20.8. The molecule has 1 aliphatic rings. The molecule has 0 radical (unpaired) electrons. The minimum Gasteiger partial charge on any atom is -0.399 e. The molecule has 0 amide bonds. The highest BCUT2D eigenvalue weighted by molar-refractivity contribution is 6.62. The van der Waals surface area contributed by atoms with E-state index < -0.39 is 0 Å². The predicted octanol–water partition coefficient (Wildman–Crippen LogP) is 1.67. The summed E-state index contributed by atoms with van der Waals surface area (Å²) >= 11 is 0. The Morgan fingerprint density at radius 2 is 1.72 bits per heavy atom. The van der Waals surface area contributed by atoms with Gasteiger partial charge in [-0.15, -0.1) is 6.42 Å². The highest BCUT2D eigenvalue weighted by Crippen LogP contribution is 2.36. The molecule has 1 fully saturated rings. The zero-order chi connectivity index (χ0) is 13.6. The highest BCUT2D eigenvalue weighted by Gasteiger charge is 2.52. The number of hydrogen-bond donors (Lipinski definition) is 0. The Bertz CT molecular complexity index is 501. The zero-order valence-electron chi connectivity index (χ0n) is 11.6. The molecule has 0 aromatic carbocycles. The Morgan fingerprint density at radius 3 is 2.17 bits per heavy atom. The number of aromatic nitrogens is 1. The quantitative estimate of drug-likeness (QED) is 0.555. The summed E-state index contributed by atoms with van der Waals surface area (Å²) in [5.41, 5.74) is 1.74. The number of hydrogen-bond acceptors (Lipinski definition) is 3. The number of rotatable bonds is 1. The number of aryl methyl sites for hydroxylation is 1. The molecule has 1 aromatic heterocycles. The first-order valence-corrected chi connectivity index (χ1v) is 6.06. The standard InChI is InChI=1S/C14H18BNO2/c1-7-11-8-9-12(10(2)16-11)15-17-13(3,4)14(5,6)18-15/h1,8-9H,2-6H3. The van der Waals surface area contributed by atoms with E-state index in [4.69, 9.17) is 15.7 Å². The molecule has 0 unspecified atom stereocenters. The predicted molar refractivity (Wildman–Crippen MR) is 72.6 cm³/mol. The van der Waals surface area contributed by atoms with Gasteiger partial charge in [0.2, 0.25) is 0 Å². The van der Waals surface area contributed by atoms with Gasteiger partial charge in [-0.05, 0) is 40.7 Å². The molecule has 18 heavy (non-hydrogen) atoms. The second-order valence-electron chi connectivity index (χ2n) is 5.60. The van der Waals surface area contributed by atoms with E-state index in [2.05, 4.69) is 10.9 Å². The van der Waals surface area contributed by atoms with Gasteiger partial charge in [-0.25, -0.2) is 4.98 Å². The van der Waals surface area contributed by atoms with Crippen molar-refractivity contribution in [1.82, 2.24) is 4.98 Å². The fourth-order valence-electron chi connectivity index (χ4n) is 1.87. The SMILES string of the molecule is C#Cc1ccc(B2OC(C)(C)C(C)(C)O2)c(C)n1. The van der Waals surface area contributed by atoms with Crippen molar-refractivity contribution < 1.29 is 9.31 Å². The topological polar surface area (TPSA) is 31.4 Å². The Balaban J connectivity index is 2.33. The maximum absolute atomic E-state index is 5.99. The van der Waals surface area contributed by atoms with E-state index >= 15 is 0 Å². The van der Waals surface area contributed by atoms with E-state index in [0.717, 1.165) is 11.2 Å². The highest BCUT2D eigenvalue weighted by atomic mass is 16.7. The van der Waals surface area contributed by atoms with Crippen LogP contribution in [0, 0.1) is 19.3 Å². The summed E-state index contributed by atoms with van der Waals surface area (Å²) < 4.78 is 12.0. The Labute approximate surface area is 109 Å². The van der Waals surface area contributed by atoms with Gasteiger partial charge < -0.3 is 9.31 Å². The molecule has 0 N–H and O–H groups in total. The van der Waals surface area contributed by atoms with Crippen molar-refractivity contribution in [3.8, 4) is 12.3 Å². The van der Waals surface area contributed by atoms with Crippen LogP contribution in [-0.4, -0.2) is 23.3 Å². The van der Waals surface area contributed by atoms with E-state index in [1.54, 1.807) is 0 Å². The Hall–Kier alpha value is -1.31. The summed E-state index contributed by atoms with van der Waals surface area (Å²) in [5.74, 6) is 2.53. The van der Waals surface area contributed by atoms with Gasteiger partial charge in [0, 0.05) is 11.2 Å². The molecule has 0 aliphatic carbocycles. The number of nitrogens with zero attached hydrogens (tertiary/aromatic N) is 1. The second-order valence-corrected chi connectivity index (χ2v) is 5.60. The zero-order valence-corrected chi connectivity index (χ0v) is 11.6. The Kier molecular flexibility index (Phi) is 3.00. The molecule has 0 atom stereocenters. The van der Waals surface area contributed by atoms with Gasteiger partial charge in [-0.2, -0.15) is 0 Å². The molecule has 0 spiro atoms. The van der Waals surface area contributed by atoms with Crippen LogP contribution in [0.15, 0.2) is 12.1 Å². The first-order valence-electron chi connectivity index (χ1n) is 6.06. The third-order valence-electron chi connectivity index (χ3n) is 3.78. The van der Waals surface area contributed by atoms with Crippen LogP contribution in [0.25, 0.3) is 0 Å². The smallest absolute Gasteiger partial charge is 0.399 e. The minimum absolute atomic E-state index is 0.338. The van der Waals surface area contributed by atoms with E-state index in [9.17, 15) is 0 Å². The van der Waals surface area contributed by atoms with Gasteiger partial charge >= 0.3 is 7.12 Å². The maximum atomic E-state index is 5.99. The van der Waals surface area contributed by atoms with E-state index in [1.807, 2.05) is 46.8 Å². The lowest BCUT2D eigenvalue weighted by atomic mass is 9.78. The van der Waals surface area contributed by atoms with Gasteiger partial charge in [-0.1, -0.05) is 12.0 Å². The largest absolute Gasteiger partial charge is 0.496 e. The van der Waals surface area contributed by atoms with Gasteiger partial charge in [0.05, 0.1) is 11.2 Å². The van der Waals surface area contributed by atoms with Crippen molar-refractivity contribution in [3.63, 3.8) is 0 Å². The molecule has 3 nitrogen and oxygen atoms in total. The van der Waals surface area contributed by atoms with Crippen LogP contribution in [0.4, 0.5) is 0 Å². The summed E-state index contributed by atoms with van der Waals surface area (Å²) in [7, 11) is -0.380. The second kappa shape index (κ2) is 4.12. The molecule has 1 aromatic rings. The average molecular weight is 243 g/mol. The first kappa shape index (κ1) is 13.1. The third kappa shape index (κ3) is 2.05. The van der Waals surface area contributed by atoms with Crippen LogP contribution in [0.2, 0.25) is 0 Å². The van der Waals surface area contributed by atoms with Gasteiger partial charge in [-0.3, -0.25) is 0 Å². The van der Waals surface area contributed by atoms with Crippen LogP contribution in [0.3, 0.4) is 0 Å².